The minimum atomic E-state index is -4.51. The van der Waals surface area contributed by atoms with Crippen LogP contribution in [0.4, 0.5) is 17.6 Å². The number of aromatic nitrogens is 1. The van der Waals surface area contributed by atoms with Crippen LogP contribution in [0.1, 0.15) is 13.3 Å². The number of rotatable bonds is 8. The number of carbonyl (C=O) groups is 1. The number of halogens is 4. The Balaban J connectivity index is 2.25. The molecule has 0 saturated heterocycles. The van der Waals surface area contributed by atoms with Crippen LogP contribution in [0.25, 0.3) is 11.1 Å². The van der Waals surface area contributed by atoms with Crippen molar-refractivity contribution in [1.29, 1.82) is 0 Å². The van der Waals surface area contributed by atoms with Crippen LogP contribution >= 0.6 is 0 Å². The molecular formula is C19H20F4N2O6S. The summed E-state index contributed by atoms with van der Waals surface area (Å²) in [7, 11) is -4.00. The molecule has 8 nitrogen and oxygen atoms in total. The van der Waals surface area contributed by atoms with Crippen LogP contribution in [0, 0.1) is 5.82 Å². The summed E-state index contributed by atoms with van der Waals surface area (Å²) in [4.78, 5) is 24.2. The van der Waals surface area contributed by atoms with E-state index < -0.39 is 51.1 Å². The van der Waals surface area contributed by atoms with Gasteiger partial charge in [-0.05, 0) is 31.0 Å². The normalized spacial score (nSPS) is 14.0. The molecule has 1 atom stereocenters. The zero-order chi connectivity index (χ0) is 24.3. The highest BCUT2D eigenvalue weighted by Crippen LogP contribution is 2.26. The number of sulfone groups is 1. The van der Waals surface area contributed by atoms with Gasteiger partial charge in [-0.15, -0.1) is 0 Å². The molecule has 13 heteroatoms. The number of carbonyl (C=O) groups excluding carboxylic acids is 1. The number of hydrogen-bond donors (Lipinski definition) is 2. The highest BCUT2D eigenvalue weighted by atomic mass is 32.2. The lowest BCUT2D eigenvalue weighted by molar-refractivity contribution is -0.153. The van der Waals surface area contributed by atoms with Gasteiger partial charge in [0.05, 0.1) is 0 Å². The molecule has 1 aromatic carbocycles. The van der Waals surface area contributed by atoms with Gasteiger partial charge >= 0.3 is 6.18 Å². The van der Waals surface area contributed by atoms with Crippen LogP contribution in [0.2, 0.25) is 0 Å². The highest BCUT2D eigenvalue weighted by Gasteiger charge is 2.43. The van der Waals surface area contributed by atoms with Crippen LogP contribution in [0.5, 0.6) is 5.75 Å². The maximum absolute atomic E-state index is 14.6. The van der Waals surface area contributed by atoms with Gasteiger partial charge < -0.3 is 9.30 Å². The number of benzene rings is 1. The molecule has 1 aromatic heterocycles. The molecule has 176 valence electrons. The molecule has 0 aliphatic heterocycles. The van der Waals surface area contributed by atoms with Gasteiger partial charge in [0.25, 0.3) is 11.5 Å². The van der Waals surface area contributed by atoms with Crippen molar-refractivity contribution in [2.45, 2.75) is 30.8 Å². The molecular weight excluding hydrogens is 460 g/mol. The van der Waals surface area contributed by atoms with Gasteiger partial charge in [-0.1, -0.05) is 12.1 Å². The number of ether oxygens (including phenoxy) is 1. The van der Waals surface area contributed by atoms with E-state index in [0.29, 0.717) is 0 Å². The smallest absolute Gasteiger partial charge is 0.422 e. The summed E-state index contributed by atoms with van der Waals surface area (Å²) in [6.07, 6.45) is -3.33. The second-order valence-corrected chi connectivity index (χ2v) is 9.63. The fourth-order valence-electron chi connectivity index (χ4n) is 2.76. The standard InChI is InChI=1S/C19H20F4N2O6S/c1-18(17(27)24-28,32(2,29)30)7-8-25-10-15(20)14(9-16(25)26)12-3-5-13(6-4-12)31-11-19(21,22)23/h3-6,9-10,28H,7-8,11H2,1-2H3,(H,24,27). The molecule has 2 N–H and O–H groups in total. The summed E-state index contributed by atoms with van der Waals surface area (Å²) in [6.45, 7) is -0.777. The van der Waals surface area contributed by atoms with Crippen molar-refractivity contribution in [1.82, 2.24) is 10.0 Å². The van der Waals surface area contributed by atoms with E-state index in [1.807, 2.05) is 0 Å². The average molecular weight is 480 g/mol. The number of nitrogens with one attached hydrogen (secondary N) is 1. The van der Waals surface area contributed by atoms with E-state index >= 15 is 0 Å². The molecule has 1 unspecified atom stereocenters. The van der Waals surface area contributed by atoms with Crippen molar-refractivity contribution < 1.29 is 40.7 Å². The SMILES string of the molecule is CC(CCn1cc(F)c(-c2ccc(OCC(F)(F)F)cc2)cc1=O)(C(=O)NO)S(C)(=O)=O. The quantitative estimate of drug-likeness (QED) is 0.341. The largest absolute Gasteiger partial charge is 0.484 e. The lowest BCUT2D eigenvalue weighted by Gasteiger charge is -2.25. The number of amides is 1. The van der Waals surface area contributed by atoms with E-state index in [2.05, 4.69) is 4.74 Å². The maximum Gasteiger partial charge on any atom is 0.422 e. The van der Waals surface area contributed by atoms with Crippen molar-refractivity contribution in [2.75, 3.05) is 12.9 Å². The van der Waals surface area contributed by atoms with E-state index in [-0.39, 0.29) is 23.4 Å². The number of alkyl halides is 3. The van der Waals surface area contributed by atoms with Gasteiger partial charge in [-0.3, -0.25) is 14.8 Å². The summed E-state index contributed by atoms with van der Waals surface area (Å²) >= 11 is 0. The lowest BCUT2D eigenvalue weighted by atomic mass is 10.1. The molecule has 0 aliphatic rings. The molecule has 2 aromatic rings. The number of pyridine rings is 1. The van der Waals surface area contributed by atoms with E-state index in [1.54, 1.807) is 0 Å². The second-order valence-electron chi connectivity index (χ2n) is 7.19. The first-order valence-corrected chi connectivity index (χ1v) is 10.9. The van der Waals surface area contributed by atoms with E-state index in [0.717, 1.165) is 30.0 Å². The number of aryl methyl sites for hydroxylation is 1. The molecule has 0 aliphatic carbocycles. The summed E-state index contributed by atoms with van der Waals surface area (Å²) in [6, 6.07) is 5.87. The van der Waals surface area contributed by atoms with Gasteiger partial charge in [-0.2, -0.15) is 13.2 Å². The Morgan fingerprint density at radius 1 is 1.22 bits per heavy atom. The van der Waals surface area contributed by atoms with Crippen LogP contribution in [-0.4, -0.2) is 47.9 Å². The molecule has 0 spiro atoms. The Bertz CT molecular complexity index is 1150. The van der Waals surface area contributed by atoms with Gasteiger partial charge in [-0.25, -0.2) is 18.3 Å². The Kier molecular flexibility index (Phi) is 7.35. The summed E-state index contributed by atoms with van der Waals surface area (Å²) in [5.41, 5.74) is 0.634. The van der Waals surface area contributed by atoms with Gasteiger partial charge in [0.2, 0.25) is 0 Å². The fraction of sp³-hybridized carbons (Fsp3) is 0.368. The van der Waals surface area contributed by atoms with Crippen LogP contribution in [0.3, 0.4) is 0 Å². The molecule has 32 heavy (non-hydrogen) atoms. The Morgan fingerprint density at radius 2 is 1.81 bits per heavy atom. The predicted octanol–water partition coefficient (Wildman–Crippen LogP) is 2.29. The zero-order valence-corrected chi connectivity index (χ0v) is 17.8. The maximum atomic E-state index is 14.6. The first kappa shape index (κ1) is 25.3. The highest BCUT2D eigenvalue weighted by molar-refractivity contribution is 7.92. The molecule has 2 rings (SSSR count). The third-order valence-electron chi connectivity index (χ3n) is 4.88. The molecule has 1 heterocycles. The fourth-order valence-corrected chi connectivity index (χ4v) is 3.60. The average Bonchev–Trinajstić information content (AvgIpc) is 2.70. The number of hydrogen-bond acceptors (Lipinski definition) is 6. The van der Waals surface area contributed by atoms with Gasteiger partial charge in [0.1, 0.15) is 11.6 Å². The number of hydroxylamine groups is 1. The summed E-state index contributed by atoms with van der Waals surface area (Å²) in [5, 5.41) is 8.83. The first-order chi connectivity index (χ1) is 14.7. The number of nitrogens with zero attached hydrogens (tertiary/aromatic N) is 1. The Morgan fingerprint density at radius 3 is 2.31 bits per heavy atom. The third-order valence-corrected chi connectivity index (χ3v) is 6.90. The minimum absolute atomic E-state index is 0.0953. The van der Waals surface area contributed by atoms with Gasteiger partial charge in [0, 0.05) is 30.6 Å². The van der Waals surface area contributed by atoms with Crippen molar-refractivity contribution >= 4 is 15.7 Å². The van der Waals surface area contributed by atoms with Crippen molar-refractivity contribution in [3.8, 4) is 16.9 Å². The third kappa shape index (κ3) is 5.85. The van der Waals surface area contributed by atoms with Crippen molar-refractivity contribution in [3.05, 3.63) is 52.7 Å². The zero-order valence-electron chi connectivity index (χ0n) is 16.9. The van der Waals surface area contributed by atoms with E-state index in [1.165, 1.54) is 29.7 Å². The van der Waals surface area contributed by atoms with Crippen LogP contribution < -0.4 is 15.8 Å². The lowest BCUT2D eigenvalue weighted by Crippen LogP contribution is -2.50. The van der Waals surface area contributed by atoms with E-state index in [4.69, 9.17) is 5.21 Å². The molecule has 0 fully saturated rings. The molecule has 0 saturated carbocycles. The van der Waals surface area contributed by atoms with E-state index in [9.17, 15) is 35.6 Å². The predicted molar refractivity (Wildman–Crippen MR) is 105 cm³/mol. The van der Waals surface area contributed by atoms with Crippen molar-refractivity contribution in [3.63, 3.8) is 0 Å². The second kappa shape index (κ2) is 9.28. The summed E-state index contributed by atoms with van der Waals surface area (Å²) in [5.74, 6) is -2.15. The topological polar surface area (TPSA) is 115 Å². The first-order valence-electron chi connectivity index (χ1n) is 9.02. The van der Waals surface area contributed by atoms with Crippen molar-refractivity contribution in [2.24, 2.45) is 0 Å². The molecule has 1 amide bonds. The summed E-state index contributed by atoms with van der Waals surface area (Å²) < 4.78 is 78.6. The van der Waals surface area contributed by atoms with Crippen LogP contribution in [-0.2, 0) is 21.2 Å². The Labute approximate surface area is 180 Å². The Hall–Kier alpha value is -2.93. The van der Waals surface area contributed by atoms with Gasteiger partial charge in [0.15, 0.2) is 21.2 Å². The molecule has 0 bridgehead atoms. The van der Waals surface area contributed by atoms with Crippen LogP contribution in [0.15, 0.2) is 41.3 Å². The minimum Gasteiger partial charge on any atom is -0.484 e. The monoisotopic (exact) mass is 480 g/mol. The molecule has 0 radical (unpaired) electrons.